The first-order valence-electron chi connectivity index (χ1n) is 4.92. The smallest absolute Gasteiger partial charge is 0.145 e. The molecule has 0 amide bonds. The van der Waals surface area contributed by atoms with Gasteiger partial charge in [-0.3, -0.25) is 0 Å². The molecule has 2 rings (SSSR count). The van der Waals surface area contributed by atoms with Crippen molar-refractivity contribution >= 4 is 15.9 Å². The summed E-state index contributed by atoms with van der Waals surface area (Å²) < 4.78 is 31.9. The van der Waals surface area contributed by atoms with E-state index in [9.17, 15) is 8.78 Å². The molecule has 0 saturated heterocycles. The van der Waals surface area contributed by atoms with Crippen LogP contribution in [0.5, 0.6) is 11.5 Å². The van der Waals surface area contributed by atoms with Crippen LogP contribution in [-0.2, 0) is 0 Å². The maximum atomic E-state index is 13.1. The fourth-order valence-electron chi connectivity index (χ4n) is 1.35. The molecule has 0 fully saturated rings. The van der Waals surface area contributed by atoms with Gasteiger partial charge < -0.3 is 4.74 Å². The van der Waals surface area contributed by atoms with Crippen molar-refractivity contribution in [3.63, 3.8) is 0 Å². The van der Waals surface area contributed by atoms with Gasteiger partial charge in [-0.05, 0) is 46.3 Å². The van der Waals surface area contributed by atoms with Crippen molar-refractivity contribution in [1.29, 1.82) is 5.26 Å². The summed E-state index contributed by atoms with van der Waals surface area (Å²) in [7, 11) is 0. The minimum absolute atomic E-state index is 0.0474. The van der Waals surface area contributed by atoms with Crippen LogP contribution in [0.25, 0.3) is 0 Å². The molecule has 5 heteroatoms. The van der Waals surface area contributed by atoms with Gasteiger partial charge in [0.2, 0.25) is 0 Å². The summed E-state index contributed by atoms with van der Waals surface area (Å²) in [6, 6.07) is 9.30. The Hall–Kier alpha value is -1.93. The van der Waals surface area contributed by atoms with Crippen molar-refractivity contribution in [1.82, 2.24) is 0 Å². The second kappa shape index (κ2) is 5.15. The monoisotopic (exact) mass is 309 g/mol. The van der Waals surface area contributed by atoms with Gasteiger partial charge in [0.25, 0.3) is 0 Å². The first-order valence-corrected chi connectivity index (χ1v) is 5.72. The quantitative estimate of drug-likeness (QED) is 0.824. The van der Waals surface area contributed by atoms with Crippen molar-refractivity contribution in [2.24, 2.45) is 0 Å². The molecule has 0 bridgehead atoms. The van der Waals surface area contributed by atoms with Gasteiger partial charge in [-0.25, -0.2) is 8.78 Å². The Morgan fingerprint density at radius 2 is 1.67 bits per heavy atom. The summed E-state index contributed by atoms with van der Waals surface area (Å²) in [6.07, 6.45) is 0. The predicted octanol–water partition coefficient (Wildman–Crippen LogP) is 4.39. The molecule has 0 atom stereocenters. The molecule has 2 aromatic rings. The molecule has 0 spiro atoms. The van der Waals surface area contributed by atoms with Crippen LogP contribution in [0, 0.1) is 23.0 Å². The lowest BCUT2D eigenvalue weighted by molar-refractivity contribution is 0.470. The molecule has 0 N–H and O–H groups in total. The zero-order chi connectivity index (χ0) is 13.1. The van der Waals surface area contributed by atoms with E-state index < -0.39 is 11.6 Å². The number of nitriles is 1. The van der Waals surface area contributed by atoms with E-state index in [4.69, 9.17) is 10.00 Å². The molecule has 0 radical (unpaired) electrons. The highest BCUT2D eigenvalue weighted by molar-refractivity contribution is 9.10. The maximum Gasteiger partial charge on any atom is 0.145 e. The molecule has 90 valence electrons. The predicted molar refractivity (Wildman–Crippen MR) is 65.3 cm³/mol. The Labute approximate surface area is 111 Å². The number of halogens is 3. The zero-order valence-electron chi connectivity index (χ0n) is 8.95. The Morgan fingerprint density at radius 3 is 2.39 bits per heavy atom. The second-order valence-corrected chi connectivity index (χ2v) is 4.28. The third-order valence-corrected chi connectivity index (χ3v) is 2.83. The number of hydrogen-bond acceptors (Lipinski definition) is 2. The molecule has 18 heavy (non-hydrogen) atoms. The van der Waals surface area contributed by atoms with E-state index in [0.29, 0.717) is 4.47 Å². The molecule has 0 aromatic heterocycles. The van der Waals surface area contributed by atoms with Crippen LogP contribution in [-0.4, -0.2) is 0 Å². The Kier molecular flexibility index (Phi) is 3.58. The van der Waals surface area contributed by atoms with Crippen molar-refractivity contribution in [2.75, 3.05) is 0 Å². The largest absolute Gasteiger partial charge is 0.455 e. The maximum absolute atomic E-state index is 13.1. The average molecular weight is 310 g/mol. The SMILES string of the molecule is N#Cc1cc(F)ccc1Oc1cc(F)ccc1Br. The van der Waals surface area contributed by atoms with Gasteiger partial charge in [-0.1, -0.05) is 0 Å². The lowest BCUT2D eigenvalue weighted by Gasteiger charge is -2.09. The fourth-order valence-corrected chi connectivity index (χ4v) is 1.68. The molecule has 0 aliphatic rings. The first kappa shape index (κ1) is 12.5. The minimum atomic E-state index is -0.530. The molecule has 0 heterocycles. The van der Waals surface area contributed by atoms with Gasteiger partial charge in [0, 0.05) is 6.07 Å². The summed E-state index contributed by atoms with van der Waals surface area (Å²) in [5.41, 5.74) is 0.0474. The van der Waals surface area contributed by atoms with Crippen LogP contribution < -0.4 is 4.74 Å². The van der Waals surface area contributed by atoms with Crippen molar-refractivity contribution < 1.29 is 13.5 Å². The third kappa shape index (κ3) is 2.66. The number of nitrogens with zero attached hydrogens (tertiary/aromatic N) is 1. The van der Waals surface area contributed by atoms with Crippen molar-refractivity contribution in [2.45, 2.75) is 0 Å². The summed E-state index contributed by atoms with van der Waals surface area (Å²) in [4.78, 5) is 0. The fraction of sp³-hybridized carbons (Fsp3) is 0. The Balaban J connectivity index is 2.40. The zero-order valence-corrected chi connectivity index (χ0v) is 10.5. The van der Waals surface area contributed by atoms with E-state index in [1.165, 1.54) is 30.3 Å². The standard InChI is InChI=1S/C13H6BrF2NO/c14-11-3-1-10(16)6-13(11)18-12-4-2-9(15)5-8(12)7-17/h1-6H. The van der Waals surface area contributed by atoms with Gasteiger partial charge in [0.1, 0.15) is 29.2 Å². The first-order chi connectivity index (χ1) is 8.60. The molecule has 0 aliphatic carbocycles. The summed E-state index contributed by atoms with van der Waals surface area (Å²) in [6.45, 7) is 0. The number of benzene rings is 2. The molecule has 0 saturated carbocycles. The van der Waals surface area contributed by atoms with Gasteiger partial charge in [-0.15, -0.1) is 0 Å². The molecule has 0 aliphatic heterocycles. The van der Waals surface area contributed by atoms with Crippen LogP contribution >= 0.6 is 15.9 Å². The van der Waals surface area contributed by atoms with Crippen LogP contribution in [0.15, 0.2) is 40.9 Å². The molecular formula is C13H6BrF2NO. The highest BCUT2D eigenvalue weighted by Gasteiger charge is 2.09. The van der Waals surface area contributed by atoms with Crippen LogP contribution in [0.1, 0.15) is 5.56 Å². The molecule has 2 nitrogen and oxygen atoms in total. The number of hydrogen-bond donors (Lipinski definition) is 0. The van der Waals surface area contributed by atoms with E-state index >= 15 is 0 Å². The summed E-state index contributed by atoms with van der Waals surface area (Å²) in [5.74, 6) is -0.602. The van der Waals surface area contributed by atoms with Crippen LogP contribution in [0.3, 0.4) is 0 Å². The van der Waals surface area contributed by atoms with Gasteiger partial charge in [0.15, 0.2) is 0 Å². The molecular weight excluding hydrogens is 304 g/mol. The molecule has 0 unspecified atom stereocenters. The highest BCUT2D eigenvalue weighted by atomic mass is 79.9. The third-order valence-electron chi connectivity index (χ3n) is 2.18. The van der Waals surface area contributed by atoms with E-state index in [-0.39, 0.29) is 17.1 Å². The Bertz CT molecular complexity index is 637. The van der Waals surface area contributed by atoms with Crippen LogP contribution in [0.4, 0.5) is 8.78 Å². The lowest BCUT2D eigenvalue weighted by Crippen LogP contribution is -1.91. The average Bonchev–Trinajstić information content (AvgIpc) is 2.36. The normalized spacial score (nSPS) is 9.89. The number of rotatable bonds is 2. The number of ether oxygens (including phenoxy) is 1. The van der Waals surface area contributed by atoms with Crippen molar-refractivity contribution in [3.8, 4) is 17.6 Å². The van der Waals surface area contributed by atoms with E-state index in [0.717, 1.165) is 6.07 Å². The van der Waals surface area contributed by atoms with E-state index in [1.807, 2.05) is 6.07 Å². The highest BCUT2D eigenvalue weighted by Crippen LogP contribution is 2.32. The second-order valence-electron chi connectivity index (χ2n) is 3.43. The lowest BCUT2D eigenvalue weighted by atomic mass is 10.2. The summed E-state index contributed by atoms with van der Waals surface area (Å²) in [5, 5.41) is 8.86. The van der Waals surface area contributed by atoms with Gasteiger partial charge in [-0.2, -0.15) is 5.26 Å². The molecule has 2 aromatic carbocycles. The van der Waals surface area contributed by atoms with Gasteiger partial charge >= 0.3 is 0 Å². The topological polar surface area (TPSA) is 33.0 Å². The van der Waals surface area contributed by atoms with E-state index in [2.05, 4.69) is 15.9 Å². The summed E-state index contributed by atoms with van der Waals surface area (Å²) >= 11 is 3.20. The Morgan fingerprint density at radius 1 is 1.00 bits per heavy atom. The minimum Gasteiger partial charge on any atom is -0.455 e. The van der Waals surface area contributed by atoms with E-state index in [1.54, 1.807) is 0 Å². The van der Waals surface area contributed by atoms with Crippen molar-refractivity contribution in [3.05, 3.63) is 58.1 Å². The van der Waals surface area contributed by atoms with Gasteiger partial charge in [0.05, 0.1) is 10.0 Å². The van der Waals surface area contributed by atoms with Crippen LogP contribution in [0.2, 0.25) is 0 Å².